The second-order valence-corrected chi connectivity index (χ2v) is 8.40. The van der Waals surface area contributed by atoms with Gasteiger partial charge in [0.25, 0.3) is 0 Å². The van der Waals surface area contributed by atoms with Crippen molar-refractivity contribution in [3.8, 4) is 5.75 Å². The molecule has 2 aliphatic rings. The number of benzene rings is 1. The molecule has 1 N–H and O–H groups in total. The number of amides is 1. The summed E-state index contributed by atoms with van der Waals surface area (Å²) in [4.78, 5) is 26.2. The van der Waals surface area contributed by atoms with Crippen molar-refractivity contribution in [2.24, 2.45) is 0 Å². The highest BCUT2D eigenvalue weighted by atomic mass is 19.4. The summed E-state index contributed by atoms with van der Waals surface area (Å²) in [6, 6.07) is 9.60. The van der Waals surface area contributed by atoms with E-state index in [1.54, 1.807) is 11.0 Å². The van der Waals surface area contributed by atoms with Crippen LogP contribution in [0.15, 0.2) is 36.4 Å². The maximum Gasteiger partial charge on any atom is 0.573 e. The number of nitrogens with one attached hydrogen (secondary N) is 1. The molecule has 10 heteroatoms. The van der Waals surface area contributed by atoms with E-state index in [1.807, 2.05) is 19.1 Å². The van der Waals surface area contributed by atoms with Gasteiger partial charge < -0.3 is 14.5 Å². The zero-order valence-corrected chi connectivity index (χ0v) is 17.3. The van der Waals surface area contributed by atoms with Gasteiger partial charge in [-0.1, -0.05) is 6.07 Å². The third-order valence-electron chi connectivity index (χ3n) is 6.11. The lowest BCUT2D eigenvalue weighted by Gasteiger charge is -2.34. The third-order valence-corrected chi connectivity index (χ3v) is 6.11. The summed E-state index contributed by atoms with van der Waals surface area (Å²) in [5.74, 6) is 1.11. The molecule has 32 heavy (non-hydrogen) atoms. The minimum Gasteiger partial charge on any atom is -0.441 e. The van der Waals surface area contributed by atoms with Crippen molar-refractivity contribution in [1.82, 2.24) is 15.0 Å². The lowest BCUT2D eigenvalue weighted by atomic mass is 9.78. The summed E-state index contributed by atoms with van der Waals surface area (Å²) in [5.41, 5.74) is 1.34. The van der Waals surface area contributed by atoms with Gasteiger partial charge in [-0.15, -0.1) is 13.2 Å². The molecular weight excluding hydrogens is 425 g/mol. The van der Waals surface area contributed by atoms with E-state index in [4.69, 9.17) is 4.74 Å². The van der Waals surface area contributed by atoms with Crippen LogP contribution in [0.25, 0.3) is 11.0 Å². The highest BCUT2D eigenvalue weighted by molar-refractivity contribution is 5.89. The van der Waals surface area contributed by atoms with Gasteiger partial charge in [0, 0.05) is 17.7 Å². The third kappa shape index (κ3) is 3.96. The number of pyridine rings is 1. The van der Waals surface area contributed by atoms with Gasteiger partial charge in [0.15, 0.2) is 0 Å². The Morgan fingerprint density at radius 2 is 1.97 bits per heavy atom. The normalized spacial score (nSPS) is 23.7. The van der Waals surface area contributed by atoms with Crippen LogP contribution in [0.4, 0.5) is 23.8 Å². The molecule has 0 unspecified atom stereocenters. The van der Waals surface area contributed by atoms with E-state index in [9.17, 15) is 18.0 Å². The molecule has 1 saturated heterocycles. The predicted octanol–water partition coefficient (Wildman–Crippen LogP) is 5.22. The van der Waals surface area contributed by atoms with Crippen LogP contribution >= 0.6 is 0 Å². The quantitative estimate of drug-likeness (QED) is 0.597. The van der Waals surface area contributed by atoms with Crippen molar-refractivity contribution < 1.29 is 27.4 Å². The Morgan fingerprint density at radius 1 is 1.19 bits per heavy atom. The number of H-pyrrole nitrogens is 1. The highest BCUT2D eigenvalue weighted by Gasteiger charge is 2.48. The number of carbonyl (C=O) groups excluding carboxylic acids is 1. The molecule has 1 aromatic carbocycles. The Balaban J connectivity index is 1.28. The maximum absolute atomic E-state index is 12.5. The Kier molecular flexibility index (Phi) is 4.75. The van der Waals surface area contributed by atoms with Gasteiger partial charge in [0.05, 0.1) is 17.6 Å². The van der Waals surface area contributed by atoms with E-state index >= 15 is 0 Å². The van der Waals surface area contributed by atoms with Crippen LogP contribution in [0.1, 0.15) is 43.1 Å². The van der Waals surface area contributed by atoms with Crippen molar-refractivity contribution in [1.29, 1.82) is 0 Å². The van der Waals surface area contributed by atoms with Crippen LogP contribution in [0.3, 0.4) is 0 Å². The van der Waals surface area contributed by atoms with Gasteiger partial charge in [0.2, 0.25) is 0 Å². The number of aromatic nitrogens is 3. The highest BCUT2D eigenvalue weighted by Crippen LogP contribution is 2.43. The topological polar surface area (TPSA) is 80.3 Å². The molecule has 168 valence electrons. The van der Waals surface area contributed by atoms with Gasteiger partial charge in [-0.25, -0.2) is 14.8 Å². The van der Waals surface area contributed by atoms with Crippen molar-refractivity contribution in [3.05, 3.63) is 47.9 Å². The number of aryl methyl sites for hydroxylation is 1. The molecule has 1 aliphatic heterocycles. The van der Waals surface area contributed by atoms with Crippen molar-refractivity contribution in [3.63, 3.8) is 0 Å². The first-order valence-corrected chi connectivity index (χ1v) is 10.4. The minimum atomic E-state index is -4.74. The van der Waals surface area contributed by atoms with Gasteiger partial charge >= 0.3 is 12.5 Å². The number of imidazole rings is 1. The van der Waals surface area contributed by atoms with Crippen LogP contribution in [-0.4, -0.2) is 39.6 Å². The fourth-order valence-corrected chi connectivity index (χ4v) is 4.55. The number of hydrogen-bond donors (Lipinski definition) is 1. The fraction of sp³-hybridized carbons (Fsp3) is 0.409. The SMILES string of the molecule is Cc1cccc(N2CC3(CCC(c4nc5cc(OC(F)(F)F)ccc5[nH]4)CC3)OC2=O)n1. The molecule has 1 spiro atoms. The Bertz CT molecular complexity index is 1170. The lowest BCUT2D eigenvalue weighted by Crippen LogP contribution is -2.38. The first-order valence-electron chi connectivity index (χ1n) is 10.4. The summed E-state index contributed by atoms with van der Waals surface area (Å²) in [6.07, 6.45) is -2.30. The van der Waals surface area contributed by atoms with E-state index in [0.29, 0.717) is 36.2 Å². The summed E-state index contributed by atoms with van der Waals surface area (Å²) in [7, 11) is 0. The van der Waals surface area contributed by atoms with E-state index < -0.39 is 12.0 Å². The molecule has 0 atom stereocenters. The van der Waals surface area contributed by atoms with Crippen LogP contribution in [0.5, 0.6) is 5.75 Å². The van der Waals surface area contributed by atoms with Crippen molar-refractivity contribution >= 4 is 22.9 Å². The average Bonchev–Trinajstić information content (AvgIpc) is 3.28. The Hall–Kier alpha value is -3.30. The molecule has 1 amide bonds. The van der Waals surface area contributed by atoms with Crippen LogP contribution in [-0.2, 0) is 4.74 Å². The number of alkyl halides is 3. The molecule has 1 aliphatic carbocycles. The number of rotatable bonds is 3. The lowest BCUT2D eigenvalue weighted by molar-refractivity contribution is -0.274. The van der Waals surface area contributed by atoms with Gasteiger partial charge in [-0.2, -0.15) is 0 Å². The molecule has 3 heterocycles. The van der Waals surface area contributed by atoms with Crippen LogP contribution in [0, 0.1) is 6.92 Å². The molecule has 5 rings (SSSR count). The number of nitrogens with zero attached hydrogens (tertiary/aromatic N) is 3. The van der Waals surface area contributed by atoms with Crippen molar-refractivity contribution in [2.45, 2.75) is 50.5 Å². The Labute approximate surface area is 181 Å². The molecule has 1 saturated carbocycles. The first-order chi connectivity index (χ1) is 15.2. The number of hydrogen-bond acceptors (Lipinski definition) is 5. The smallest absolute Gasteiger partial charge is 0.441 e. The van der Waals surface area contributed by atoms with Gasteiger partial charge in [-0.3, -0.25) is 4.90 Å². The average molecular weight is 446 g/mol. The number of fused-ring (bicyclic) bond motifs is 1. The molecular formula is C22H21F3N4O3. The molecule has 2 aromatic heterocycles. The van der Waals surface area contributed by atoms with Gasteiger partial charge in [0.1, 0.15) is 23.0 Å². The van der Waals surface area contributed by atoms with E-state index in [1.165, 1.54) is 18.2 Å². The number of halogens is 3. The fourth-order valence-electron chi connectivity index (χ4n) is 4.55. The largest absolute Gasteiger partial charge is 0.573 e. The van der Waals surface area contributed by atoms with E-state index in [2.05, 4.69) is 19.7 Å². The number of carbonyl (C=O) groups is 1. The summed E-state index contributed by atoms with van der Waals surface area (Å²) in [6.45, 7) is 2.32. The second kappa shape index (κ2) is 7.39. The molecule has 7 nitrogen and oxygen atoms in total. The summed E-state index contributed by atoms with van der Waals surface area (Å²) in [5, 5.41) is 0. The predicted molar refractivity (Wildman–Crippen MR) is 110 cm³/mol. The van der Waals surface area contributed by atoms with E-state index in [0.717, 1.165) is 24.4 Å². The zero-order valence-electron chi connectivity index (χ0n) is 17.3. The van der Waals surface area contributed by atoms with E-state index in [-0.39, 0.29) is 17.8 Å². The Morgan fingerprint density at radius 3 is 2.69 bits per heavy atom. The maximum atomic E-state index is 12.5. The molecule has 3 aromatic rings. The summed E-state index contributed by atoms with van der Waals surface area (Å²) >= 11 is 0. The number of aromatic amines is 1. The second-order valence-electron chi connectivity index (χ2n) is 8.40. The molecule has 0 radical (unpaired) electrons. The van der Waals surface area contributed by atoms with Crippen LogP contribution < -0.4 is 9.64 Å². The minimum absolute atomic E-state index is 0.102. The first kappa shape index (κ1) is 20.6. The number of ether oxygens (including phenoxy) is 2. The molecule has 2 fully saturated rings. The zero-order chi connectivity index (χ0) is 22.5. The van der Waals surface area contributed by atoms with Gasteiger partial charge in [-0.05, 0) is 56.9 Å². The standard InChI is InChI=1S/C22H21F3N4O3/c1-13-3-2-4-18(26-13)29-12-21(32-20(29)30)9-7-14(8-10-21)19-27-16-6-5-15(11-17(16)28-19)31-22(23,24)25/h2-6,11,14H,7-10,12H2,1H3,(H,27,28). The molecule has 0 bridgehead atoms. The van der Waals surface area contributed by atoms with Crippen molar-refractivity contribution in [2.75, 3.05) is 11.4 Å². The monoisotopic (exact) mass is 446 g/mol. The summed E-state index contributed by atoms with van der Waals surface area (Å²) < 4.78 is 47.2. The van der Waals surface area contributed by atoms with Crippen LogP contribution in [0.2, 0.25) is 0 Å². The number of anilines is 1.